The Kier molecular flexibility index (Phi) is 5.04. The summed E-state index contributed by atoms with van der Waals surface area (Å²) >= 11 is 0. The highest BCUT2D eigenvalue weighted by molar-refractivity contribution is 6.35. The van der Waals surface area contributed by atoms with Gasteiger partial charge in [-0.1, -0.05) is 35.9 Å². The highest BCUT2D eigenvalue weighted by Crippen LogP contribution is 2.03. The minimum Gasteiger partial charge on any atom is -0.344 e. The maximum atomic E-state index is 11.7. The van der Waals surface area contributed by atoms with E-state index in [-0.39, 0.29) is 6.54 Å². The second-order valence-corrected chi connectivity index (χ2v) is 4.68. The van der Waals surface area contributed by atoms with Crippen molar-refractivity contribution in [1.29, 1.82) is 0 Å². The number of rotatable bonds is 4. The Hall–Kier alpha value is -2.69. The minimum absolute atomic E-state index is 0.234. The summed E-state index contributed by atoms with van der Waals surface area (Å²) in [5, 5.41) is 5.12. The van der Waals surface area contributed by atoms with Crippen LogP contribution in [0.25, 0.3) is 0 Å². The third-order valence-electron chi connectivity index (χ3n) is 2.90. The first-order valence-electron chi connectivity index (χ1n) is 6.66. The Labute approximate surface area is 123 Å². The number of aromatic nitrogens is 1. The van der Waals surface area contributed by atoms with Gasteiger partial charge in [-0.05, 0) is 24.6 Å². The van der Waals surface area contributed by atoms with E-state index in [1.807, 2.05) is 37.3 Å². The lowest BCUT2D eigenvalue weighted by Crippen LogP contribution is -2.39. The molecule has 0 radical (unpaired) electrons. The molecule has 2 aromatic rings. The van der Waals surface area contributed by atoms with E-state index in [4.69, 9.17) is 0 Å². The summed E-state index contributed by atoms with van der Waals surface area (Å²) < 4.78 is 0. The molecule has 0 saturated heterocycles. The van der Waals surface area contributed by atoms with E-state index in [0.717, 1.165) is 11.1 Å². The number of pyridine rings is 1. The fourth-order valence-corrected chi connectivity index (χ4v) is 1.84. The molecule has 0 fully saturated rings. The highest BCUT2D eigenvalue weighted by Gasteiger charge is 2.12. The monoisotopic (exact) mass is 283 g/mol. The van der Waals surface area contributed by atoms with Gasteiger partial charge in [0.05, 0.1) is 12.2 Å². The molecular formula is C16H17N3O2. The van der Waals surface area contributed by atoms with Crippen molar-refractivity contribution in [1.82, 2.24) is 15.6 Å². The van der Waals surface area contributed by atoms with Crippen LogP contribution in [0.15, 0.2) is 48.7 Å². The van der Waals surface area contributed by atoms with Gasteiger partial charge in [0.25, 0.3) is 0 Å². The normalized spacial score (nSPS) is 9.95. The maximum absolute atomic E-state index is 11.7. The first kappa shape index (κ1) is 14.7. The van der Waals surface area contributed by atoms with Gasteiger partial charge in [0, 0.05) is 12.7 Å². The van der Waals surface area contributed by atoms with Gasteiger partial charge in [0.2, 0.25) is 0 Å². The summed E-state index contributed by atoms with van der Waals surface area (Å²) in [6.45, 7) is 2.54. The molecule has 0 aliphatic heterocycles. The summed E-state index contributed by atoms with van der Waals surface area (Å²) in [4.78, 5) is 27.4. The van der Waals surface area contributed by atoms with Crippen molar-refractivity contribution in [3.05, 3.63) is 65.5 Å². The van der Waals surface area contributed by atoms with Crippen molar-refractivity contribution in [2.24, 2.45) is 0 Å². The predicted octanol–water partition coefficient (Wildman–Crippen LogP) is 1.32. The minimum atomic E-state index is -0.659. The van der Waals surface area contributed by atoms with Crippen molar-refractivity contribution >= 4 is 11.8 Å². The largest absolute Gasteiger partial charge is 0.344 e. The molecule has 2 amide bonds. The van der Waals surface area contributed by atoms with Crippen LogP contribution in [0.5, 0.6) is 0 Å². The van der Waals surface area contributed by atoms with Crippen LogP contribution < -0.4 is 10.6 Å². The smallest absolute Gasteiger partial charge is 0.309 e. The molecule has 2 N–H and O–H groups in total. The van der Waals surface area contributed by atoms with E-state index in [1.54, 1.807) is 18.3 Å². The molecule has 0 atom stereocenters. The number of amides is 2. The molecule has 0 aliphatic rings. The van der Waals surface area contributed by atoms with E-state index in [9.17, 15) is 9.59 Å². The number of nitrogens with one attached hydrogen (secondary N) is 2. The van der Waals surface area contributed by atoms with E-state index in [1.165, 1.54) is 0 Å². The van der Waals surface area contributed by atoms with Crippen LogP contribution in [0.4, 0.5) is 0 Å². The summed E-state index contributed by atoms with van der Waals surface area (Å²) in [7, 11) is 0. The lowest BCUT2D eigenvalue weighted by atomic mass is 10.1. The van der Waals surface area contributed by atoms with Crippen LogP contribution >= 0.6 is 0 Å². The van der Waals surface area contributed by atoms with Gasteiger partial charge in [-0.25, -0.2) is 0 Å². The quantitative estimate of drug-likeness (QED) is 0.831. The SMILES string of the molecule is Cc1cccc(CNC(=O)C(=O)NCc2ccccn2)c1. The topological polar surface area (TPSA) is 71.1 Å². The first-order valence-corrected chi connectivity index (χ1v) is 6.66. The van der Waals surface area contributed by atoms with Gasteiger partial charge in [-0.15, -0.1) is 0 Å². The van der Waals surface area contributed by atoms with Crippen LogP contribution in [0.1, 0.15) is 16.8 Å². The fraction of sp³-hybridized carbons (Fsp3) is 0.188. The third kappa shape index (κ3) is 4.72. The number of carbonyl (C=O) groups excluding carboxylic acids is 2. The molecule has 0 aliphatic carbocycles. The Morgan fingerprint density at radius 1 is 1.00 bits per heavy atom. The molecule has 0 saturated carbocycles. The summed E-state index contributed by atoms with van der Waals surface area (Å²) in [5.74, 6) is -1.30. The zero-order valence-corrected chi connectivity index (χ0v) is 11.8. The van der Waals surface area contributed by atoms with Crippen LogP contribution in [0, 0.1) is 6.92 Å². The number of nitrogens with zero attached hydrogens (tertiary/aromatic N) is 1. The predicted molar refractivity (Wildman–Crippen MR) is 79.1 cm³/mol. The lowest BCUT2D eigenvalue weighted by Gasteiger charge is -2.07. The average molecular weight is 283 g/mol. The van der Waals surface area contributed by atoms with Gasteiger partial charge in [-0.3, -0.25) is 14.6 Å². The number of benzene rings is 1. The molecule has 0 bridgehead atoms. The molecule has 1 heterocycles. The maximum Gasteiger partial charge on any atom is 0.309 e. The van der Waals surface area contributed by atoms with Gasteiger partial charge in [-0.2, -0.15) is 0 Å². The van der Waals surface area contributed by atoms with Crippen LogP contribution in [-0.4, -0.2) is 16.8 Å². The highest BCUT2D eigenvalue weighted by atomic mass is 16.2. The van der Waals surface area contributed by atoms with Crippen molar-refractivity contribution in [2.45, 2.75) is 20.0 Å². The van der Waals surface area contributed by atoms with Crippen LogP contribution in [-0.2, 0) is 22.7 Å². The number of hydrogen-bond donors (Lipinski definition) is 2. The number of hydrogen-bond acceptors (Lipinski definition) is 3. The van der Waals surface area contributed by atoms with E-state index < -0.39 is 11.8 Å². The number of aryl methyl sites for hydroxylation is 1. The Balaban J connectivity index is 1.79. The van der Waals surface area contributed by atoms with Crippen LogP contribution in [0.3, 0.4) is 0 Å². The standard InChI is InChI=1S/C16H17N3O2/c1-12-5-4-6-13(9-12)10-18-15(20)16(21)19-11-14-7-2-3-8-17-14/h2-9H,10-11H2,1H3,(H,18,20)(H,19,21). The molecule has 21 heavy (non-hydrogen) atoms. The van der Waals surface area contributed by atoms with Crippen molar-refractivity contribution in [2.75, 3.05) is 0 Å². The number of carbonyl (C=O) groups is 2. The fourth-order valence-electron chi connectivity index (χ4n) is 1.84. The van der Waals surface area contributed by atoms with E-state index in [2.05, 4.69) is 15.6 Å². The third-order valence-corrected chi connectivity index (χ3v) is 2.90. The van der Waals surface area contributed by atoms with Crippen LogP contribution in [0.2, 0.25) is 0 Å². The molecule has 0 unspecified atom stereocenters. The molecule has 1 aromatic carbocycles. The summed E-state index contributed by atoms with van der Waals surface area (Å²) in [6, 6.07) is 13.2. The molecule has 5 nitrogen and oxygen atoms in total. The summed E-state index contributed by atoms with van der Waals surface area (Å²) in [6.07, 6.45) is 1.64. The Bertz CT molecular complexity index is 626. The molecule has 1 aromatic heterocycles. The zero-order valence-electron chi connectivity index (χ0n) is 11.8. The summed E-state index contributed by atoms with van der Waals surface area (Å²) in [5.41, 5.74) is 2.78. The van der Waals surface area contributed by atoms with Gasteiger partial charge >= 0.3 is 11.8 Å². The lowest BCUT2D eigenvalue weighted by molar-refractivity contribution is -0.139. The van der Waals surface area contributed by atoms with Crippen molar-refractivity contribution in [3.63, 3.8) is 0 Å². The average Bonchev–Trinajstić information content (AvgIpc) is 2.51. The van der Waals surface area contributed by atoms with E-state index in [0.29, 0.717) is 12.2 Å². The van der Waals surface area contributed by atoms with E-state index >= 15 is 0 Å². The molecular weight excluding hydrogens is 266 g/mol. The first-order chi connectivity index (χ1) is 10.1. The molecule has 108 valence electrons. The zero-order chi connectivity index (χ0) is 15.1. The van der Waals surface area contributed by atoms with Gasteiger partial charge < -0.3 is 10.6 Å². The molecule has 0 spiro atoms. The Morgan fingerprint density at radius 3 is 2.43 bits per heavy atom. The molecule has 2 rings (SSSR count). The second kappa shape index (κ2) is 7.19. The Morgan fingerprint density at radius 2 is 1.76 bits per heavy atom. The van der Waals surface area contributed by atoms with Crippen molar-refractivity contribution < 1.29 is 9.59 Å². The van der Waals surface area contributed by atoms with Gasteiger partial charge in [0.15, 0.2) is 0 Å². The van der Waals surface area contributed by atoms with Crippen molar-refractivity contribution in [3.8, 4) is 0 Å². The molecule has 5 heteroatoms. The van der Waals surface area contributed by atoms with Gasteiger partial charge in [0.1, 0.15) is 0 Å². The second-order valence-electron chi connectivity index (χ2n) is 4.68.